The van der Waals surface area contributed by atoms with Crippen molar-refractivity contribution in [3.05, 3.63) is 243 Å². The molecular formula is C60H40N2O. The highest BCUT2D eigenvalue weighted by atomic mass is 16.3. The monoisotopic (exact) mass is 804 g/mol. The van der Waals surface area contributed by atoms with Crippen LogP contribution in [-0.4, -0.2) is 0 Å². The summed E-state index contributed by atoms with van der Waals surface area (Å²) in [7, 11) is 0. The van der Waals surface area contributed by atoms with Gasteiger partial charge in [-0.2, -0.15) is 0 Å². The Balaban J connectivity index is 1.12. The Morgan fingerprint density at radius 1 is 0.254 bits per heavy atom. The van der Waals surface area contributed by atoms with Crippen LogP contribution in [0.25, 0.3) is 76.5 Å². The smallest absolute Gasteiger partial charge is 0.143 e. The molecule has 3 heteroatoms. The van der Waals surface area contributed by atoms with E-state index in [0.29, 0.717) is 0 Å². The third-order valence-corrected chi connectivity index (χ3v) is 12.3. The zero-order valence-corrected chi connectivity index (χ0v) is 34.4. The van der Waals surface area contributed by atoms with E-state index in [1.807, 2.05) is 0 Å². The lowest BCUT2D eigenvalue weighted by Crippen LogP contribution is -2.13. The molecule has 296 valence electrons. The second-order valence-electron chi connectivity index (χ2n) is 16.1. The molecule has 63 heavy (non-hydrogen) atoms. The lowest BCUT2D eigenvalue weighted by atomic mass is 9.95. The van der Waals surface area contributed by atoms with E-state index in [-0.39, 0.29) is 0 Å². The molecule has 12 rings (SSSR count). The average Bonchev–Trinajstić information content (AvgIpc) is 3.76. The first-order valence-electron chi connectivity index (χ1n) is 21.5. The first-order chi connectivity index (χ1) is 31.2. The predicted molar refractivity (Wildman–Crippen MR) is 266 cm³/mol. The molecule has 1 aromatic heterocycles. The fourth-order valence-corrected chi connectivity index (χ4v) is 9.47. The van der Waals surface area contributed by atoms with Crippen molar-refractivity contribution in [1.29, 1.82) is 0 Å². The van der Waals surface area contributed by atoms with Crippen LogP contribution < -0.4 is 9.80 Å². The van der Waals surface area contributed by atoms with Crippen molar-refractivity contribution < 1.29 is 4.42 Å². The molecule has 0 fully saturated rings. The SMILES string of the molecule is c1ccc(-c2ccc3cc(N(c4ccccc4)c4cc(-c5cccc6c5oc5c7ccccc7c7ccccc7c65)cc(N(c5ccccc5)c5ccccc5)c4)ccc3c2)cc1. The summed E-state index contributed by atoms with van der Waals surface area (Å²) in [5.41, 5.74) is 12.6. The number of hydrogen-bond acceptors (Lipinski definition) is 3. The Morgan fingerprint density at radius 2 is 0.746 bits per heavy atom. The maximum absolute atomic E-state index is 7.16. The Kier molecular flexibility index (Phi) is 8.83. The van der Waals surface area contributed by atoms with Crippen molar-refractivity contribution in [3.63, 3.8) is 0 Å². The lowest BCUT2D eigenvalue weighted by molar-refractivity contribution is 0.674. The molecule has 0 spiro atoms. The molecule has 0 aliphatic rings. The molecule has 0 saturated heterocycles. The minimum Gasteiger partial charge on any atom is -0.455 e. The van der Waals surface area contributed by atoms with Gasteiger partial charge in [-0.1, -0.05) is 170 Å². The molecular weight excluding hydrogens is 765 g/mol. The van der Waals surface area contributed by atoms with Crippen molar-refractivity contribution >= 4 is 88.4 Å². The third-order valence-electron chi connectivity index (χ3n) is 12.3. The third kappa shape index (κ3) is 6.38. The van der Waals surface area contributed by atoms with E-state index >= 15 is 0 Å². The van der Waals surface area contributed by atoms with Gasteiger partial charge in [-0.15, -0.1) is 0 Å². The van der Waals surface area contributed by atoms with E-state index in [9.17, 15) is 0 Å². The molecule has 0 aliphatic heterocycles. The zero-order valence-electron chi connectivity index (χ0n) is 34.4. The van der Waals surface area contributed by atoms with Crippen LogP contribution in [0.2, 0.25) is 0 Å². The van der Waals surface area contributed by atoms with E-state index in [2.05, 4.69) is 252 Å². The molecule has 0 atom stereocenters. The maximum Gasteiger partial charge on any atom is 0.143 e. The van der Waals surface area contributed by atoms with Crippen LogP contribution in [-0.2, 0) is 0 Å². The maximum atomic E-state index is 7.16. The second kappa shape index (κ2) is 15.3. The Bertz CT molecular complexity index is 3580. The van der Waals surface area contributed by atoms with Gasteiger partial charge in [0.15, 0.2) is 0 Å². The number of anilines is 6. The Labute approximate surface area is 365 Å². The van der Waals surface area contributed by atoms with Crippen LogP contribution in [0.1, 0.15) is 0 Å². The van der Waals surface area contributed by atoms with Gasteiger partial charge in [-0.05, 0) is 116 Å². The topological polar surface area (TPSA) is 19.6 Å². The molecule has 0 N–H and O–H groups in total. The standard InChI is InChI=1S/C60H40N2O/c1-5-18-41(19-6-1)42-32-33-44-37-49(35-34-43(44)36-42)62(48-24-11-4-12-25-48)51-39-45(38-50(40-51)61(46-20-7-2-8-21-46)47-22-9-3-10-23-47)52-30-17-31-57-58-55-28-15-13-26-53(55)54-27-14-16-29-56(54)60(58)63-59(52)57/h1-40H. The molecule has 3 nitrogen and oxygen atoms in total. The van der Waals surface area contributed by atoms with Crippen LogP contribution in [0.4, 0.5) is 34.1 Å². The van der Waals surface area contributed by atoms with Gasteiger partial charge in [-0.3, -0.25) is 0 Å². The number of para-hydroxylation sites is 4. The summed E-state index contributed by atoms with van der Waals surface area (Å²) in [6.07, 6.45) is 0. The lowest BCUT2D eigenvalue weighted by Gasteiger charge is -2.30. The van der Waals surface area contributed by atoms with Gasteiger partial charge in [0.25, 0.3) is 0 Å². The number of fused-ring (bicyclic) bond motifs is 9. The van der Waals surface area contributed by atoms with Gasteiger partial charge in [0.05, 0.1) is 0 Å². The number of hydrogen-bond donors (Lipinski definition) is 0. The highest BCUT2D eigenvalue weighted by molar-refractivity contribution is 6.31. The van der Waals surface area contributed by atoms with E-state index in [1.165, 1.54) is 38.1 Å². The summed E-state index contributed by atoms with van der Waals surface area (Å²) >= 11 is 0. The fourth-order valence-electron chi connectivity index (χ4n) is 9.47. The average molecular weight is 805 g/mol. The van der Waals surface area contributed by atoms with E-state index in [4.69, 9.17) is 4.42 Å². The second-order valence-corrected chi connectivity index (χ2v) is 16.1. The number of benzene rings is 11. The highest BCUT2D eigenvalue weighted by Crippen LogP contribution is 2.47. The van der Waals surface area contributed by atoms with Gasteiger partial charge in [-0.25, -0.2) is 0 Å². The van der Waals surface area contributed by atoms with Gasteiger partial charge in [0.1, 0.15) is 11.2 Å². The summed E-state index contributed by atoms with van der Waals surface area (Å²) < 4.78 is 7.16. The van der Waals surface area contributed by atoms with Crippen LogP contribution in [0.15, 0.2) is 247 Å². The molecule has 0 amide bonds. The molecule has 1 heterocycles. The Morgan fingerprint density at radius 3 is 1.38 bits per heavy atom. The molecule has 0 aliphatic carbocycles. The van der Waals surface area contributed by atoms with Crippen LogP contribution in [0, 0.1) is 0 Å². The van der Waals surface area contributed by atoms with Crippen molar-refractivity contribution in [2.75, 3.05) is 9.80 Å². The van der Waals surface area contributed by atoms with Crippen LogP contribution >= 0.6 is 0 Å². The number of furan rings is 1. The highest BCUT2D eigenvalue weighted by Gasteiger charge is 2.23. The van der Waals surface area contributed by atoms with E-state index in [1.54, 1.807) is 0 Å². The summed E-state index contributed by atoms with van der Waals surface area (Å²) in [5, 5.41) is 9.34. The summed E-state index contributed by atoms with van der Waals surface area (Å²) in [6.45, 7) is 0. The Hall–Kier alpha value is -8.40. The minimum absolute atomic E-state index is 0.870. The first-order valence-corrected chi connectivity index (χ1v) is 21.5. The van der Waals surface area contributed by atoms with E-state index in [0.717, 1.165) is 72.6 Å². The fraction of sp³-hybridized carbons (Fsp3) is 0. The molecule has 0 unspecified atom stereocenters. The normalized spacial score (nSPS) is 11.5. The molecule has 0 bridgehead atoms. The number of nitrogens with zero attached hydrogens (tertiary/aromatic N) is 2. The van der Waals surface area contributed by atoms with Gasteiger partial charge >= 0.3 is 0 Å². The van der Waals surface area contributed by atoms with Crippen molar-refractivity contribution in [1.82, 2.24) is 0 Å². The predicted octanol–water partition coefficient (Wildman–Crippen LogP) is 17.3. The summed E-state index contributed by atoms with van der Waals surface area (Å²) in [5.74, 6) is 0. The van der Waals surface area contributed by atoms with Crippen molar-refractivity contribution in [2.45, 2.75) is 0 Å². The van der Waals surface area contributed by atoms with Gasteiger partial charge in [0, 0.05) is 55.8 Å². The quantitative estimate of drug-likeness (QED) is 0.143. The largest absolute Gasteiger partial charge is 0.455 e. The summed E-state index contributed by atoms with van der Waals surface area (Å²) in [6, 6.07) is 87.0. The molecule has 0 saturated carbocycles. The van der Waals surface area contributed by atoms with Gasteiger partial charge < -0.3 is 14.2 Å². The molecule has 12 aromatic rings. The van der Waals surface area contributed by atoms with Gasteiger partial charge in [0.2, 0.25) is 0 Å². The molecule has 11 aromatic carbocycles. The van der Waals surface area contributed by atoms with Crippen LogP contribution in [0.3, 0.4) is 0 Å². The van der Waals surface area contributed by atoms with E-state index < -0.39 is 0 Å². The summed E-state index contributed by atoms with van der Waals surface area (Å²) in [4.78, 5) is 4.73. The number of rotatable bonds is 8. The first kappa shape index (κ1) is 36.5. The van der Waals surface area contributed by atoms with Crippen molar-refractivity contribution in [2.24, 2.45) is 0 Å². The van der Waals surface area contributed by atoms with Crippen molar-refractivity contribution in [3.8, 4) is 22.3 Å². The zero-order chi connectivity index (χ0) is 41.7. The minimum atomic E-state index is 0.870. The van der Waals surface area contributed by atoms with Crippen LogP contribution in [0.5, 0.6) is 0 Å². The molecule has 0 radical (unpaired) electrons.